The van der Waals surface area contributed by atoms with Crippen molar-refractivity contribution in [2.45, 2.75) is 0 Å². The van der Waals surface area contributed by atoms with Gasteiger partial charge in [-0.2, -0.15) is 0 Å². The van der Waals surface area contributed by atoms with Crippen molar-refractivity contribution in [2.24, 2.45) is 0 Å². The van der Waals surface area contributed by atoms with E-state index in [2.05, 4.69) is 15.6 Å². The molecule has 0 saturated heterocycles. The number of nitrogens with zero attached hydrogens (tertiary/aromatic N) is 1. The van der Waals surface area contributed by atoms with Crippen molar-refractivity contribution in [1.82, 2.24) is 4.98 Å². The lowest BCUT2D eigenvalue weighted by molar-refractivity contribution is 0.102. The van der Waals surface area contributed by atoms with Crippen molar-refractivity contribution >= 4 is 34.6 Å². The lowest BCUT2D eigenvalue weighted by atomic mass is 10.2. The Balaban J connectivity index is 1.68. The molecule has 0 bridgehead atoms. The summed E-state index contributed by atoms with van der Waals surface area (Å²) < 4.78 is 13.1. The largest absolute Gasteiger partial charge is 0.354 e. The number of benzene rings is 2. The molecule has 120 valence electrons. The highest BCUT2D eigenvalue weighted by atomic mass is 35.5. The Morgan fingerprint density at radius 3 is 2.46 bits per heavy atom. The summed E-state index contributed by atoms with van der Waals surface area (Å²) in [4.78, 5) is 16.2. The molecule has 0 spiro atoms. The number of pyridine rings is 1. The number of amides is 1. The van der Waals surface area contributed by atoms with E-state index in [4.69, 9.17) is 11.6 Å². The number of anilines is 3. The van der Waals surface area contributed by atoms with Gasteiger partial charge in [-0.3, -0.25) is 4.79 Å². The van der Waals surface area contributed by atoms with Crippen molar-refractivity contribution in [3.63, 3.8) is 0 Å². The van der Waals surface area contributed by atoms with Crippen LogP contribution >= 0.6 is 11.6 Å². The Morgan fingerprint density at radius 1 is 0.958 bits per heavy atom. The number of aromatic nitrogens is 1. The zero-order valence-electron chi connectivity index (χ0n) is 12.5. The molecule has 0 aliphatic heterocycles. The van der Waals surface area contributed by atoms with Gasteiger partial charge in [-0.05, 0) is 48.5 Å². The summed E-state index contributed by atoms with van der Waals surface area (Å²) in [6, 6.07) is 16.3. The van der Waals surface area contributed by atoms with Crippen molar-refractivity contribution in [3.05, 3.63) is 83.4 Å². The van der Waals surface area contributed by atoms with Gasteiger partial charge in [-0.1, -0.05) is 23.7 Å². The second-order valence-corrected chi connectivity index (χ2v) is 5.47. The fourth-order valence-corrected chi connectivity index (χ4v) is 2.29. The van der Waals surface area contributed by atoms with Gasteiger partial charge in [0.25, 0.3) is 5.91 Å². The molecule has 1 amide bonds. The van der Waals surface area contributed by atoms with Gasteiger partial charge in [0.15, 0.2) is 0 Å². The maximum atomic E-state index is 13.1. The molecule has 2 aromatic carbocycles. The molecule has 0 atom stereocenters. The van der Waals surface area contributed by atoms with E-state index in [9.17, 15) is 9.18 Å². The molecule has 4 nitrogen and oxygen atoms in total. The zero-order valence-corrected chi connectivity index (χ0v) is 13.2. The lowest BCUT2D eigenvalue weighted by Gasteiger charge is -2.08. The van der Waals surface area contributed by atoms with E-state index in [0.717, 1.165) is 11.4 Å². The molecule has 0 fully saturated rings. The van der Waals surface area contributed by atoms with Gasteiger partial charge in [0.2, 0.25) is 0 Å². The molecule has 3 aromatic rings. The molecule has 0 saturated carbocycles. The van der Waals surface area contributed by atoms with Crippen LogP contribution in [0.4, 0.5) is 21.5 Å². The molecule has 0 aliphatic carbocycles. The third kappa shape index (κ3) is 4.08. The van der Waals surface area contributed by atoms with Crippen LogP contribution < -0.4 is 10.6 Å². The van der Waals surface area contributed by atoms with Crippen LogP contribution in [0.1, 0.15) is 10.5 Å². The van der Waals surface area contributed by atoms with Crippen LogP contribution in [0.3, 0.4) is 0 Å². The Morgan fingerprint density at radius 2 is 1.75 bits per heavy atom. The Hall–Kier alpha value is -2.92. The fourth-order valence-electron chi connectivity index (χ4n) is 2.10. The van der Waals surface area contributed by atoms with Crippen molar-refractivity contribution in [3.8, 4) is 0 Å². The quantitative estimate of drug-likeness (QED) is 0.711. The minimum absolute atomic E-state index is 0.232. The first-order chi connectivity index (χ1) is 11.6. The van der Waals surface area contributed by atoms with Gasteiger partial charge in [0, 0.05) is 16.4 Å². The molecule has 1 heterocycles. The number of nitrogens with one attached hydrogen (secondary N) is 2. The average molecular weight is 342 g/mol. The van der Waals surface area contributed by atoms with E-state index in [1.165, 1.54) is 18.2 Å². The topological polar surface area (TPSA) is 54.0 Å². The fraction of sp³-hybridized carbons (Fsp3) is 0. The smallest absolute Gasteiger partial charge is 0.274 e. The second kappa shape index (κ2) is 7.10. The average Bonchev–Trinajstić information content (AvgIpc) is 2.55. The molecule has 0 aliphatic rings. The van der Waals surface area contributed by atoms with Crippen molar-refractivity contribution in [1.29, 1.82) is 0 Å². The van der Waals surface area contributed by atoms with Crippen LogP contribution in [-0.2, 0) is 0 Å². The van der Waals surface area contributed by atoms with Gasteiger partial charge in [-0.25, -0.2) is 9.37 Å². The monoisotopic (exact) mass is 341 g/mol. The SMILES string of the molecule is O=C(Nc1cccc(F)c1)c1ccc(Nc2cccc(Cl)c2)cn1. The van der Waals surface area contributed by atoms with Gasteiger partial charge in [0.1, 0.15) is 11.5 Å². The normalized spacial score (nSPS) is 10.2. The zero-order chi connectivity index (χ0) is 16.9. The number of hydrogen-bond acceptors (Lipinski definition) is 3. The highest BCUT2D eigenvalue weighted by Crippen LogP contribution is 2.20. The van der Waals surface area contributed by atoms with Crippen LogP contribution in [0.25, 0.3) is 0 Å². The van der Waals surface area contributed by atoms with E-state index in [-0.39, 0.29) is 5.69 Å². The molecule has 3 rings (SSSR count). The number of carbonyl (C=O) groups excluding carboxylic acids is 1. The molecular weight excluding hydrogens is 329 g/mol. The standard InChI is InChI=1S/C18H13ClFN3O/c19-12-3-1-5-14(9-12)22-16-7-8-17(21-11-16)18(24)23-15-6-2-4-13(20)10-15/h1-11,22H,(H,23,24). The van der Waals surface area contributed by atoms with E-state index < -0.39 is 11.7 Å². The van der Waals surface area contributed by atoms with Crippen LogP contribution in [0.15, 0.2) is 66.9 Å². The van der Waals surface area contributed by atoms with E-state index >= 15 is 0 Å². The third-order valence-electron chi connectivity index (χ3n) is 3.19. The van der Waals surface area contributed by atoms with Crippen LogP contribution in [-0.4, -0.2) is 10.9 Å². The number of carbonyl (C=O) groups is 1. The first kappa shape index (κ1) is 16.0. The van der Waals surface area contributed by atoms with Gasteiger partial charge >= 0.3 is 0 Å². The maximum Gasteiger partial charge on any atom is 0.274 e. The predicted molar refractivity (Wildman–Crippen MR) is 93.3 cm³/mol. The second-order valence-electron chi connectivity index (χ2n) is 5.03. The third-order valence-corrected chi connectivity index (χ3v) is 3.43. The Bertz CT molecular complexity index is 868. The highest BCUT2D eigenvalue weighted by molar-refractivity contribution is 6.30. The van der Waals surface area contributed by atoms with Gasteiger partial charge < -0.3 is 10.6 Å². The Kier molecular flexibility index (Phi) is 4.72. The van der Waals surface area contributed by atoms with Gasteiger partial charge in [-0.15, -0.1) is 0 Å². The maximum absolute atomic E-state index is 13.1. The molecule has 6 heteroatoms. The van der Waals surface area contributed by atoms with E-state index in [0.29, 0.717) is 10.7 Å². The minimum atomic E-state index is -0.415. The van der Waals surface area contributed by atoms with Crippen LogP contribution in [0.2, 0.25) is 5.02 Å². The lowest BCUT2D eigenvalue weighted by Crippen LogP contribution is -2.13. The molecule has 2 N–H and O–H groups in total. The summed E-state index contributed by atoms with van der Waals surface area (Å²) in [7, 11) is 0. The first-order valence-electron chi connectivity index (χ1n) is 7.16. The molecule has 0 unspecified atom stereocenters. The number of rotatable bonds is 4. The van der Waals surface area contributed by atoms with Crippen LogP contribution in [0.5, 0.6) is 0 Å². The van der Waals surface area contributed by atoms with E-state index in [1.54, 1.807) is 36.5 Å². The van der Waals surface area contributed by atoms with Gasteiger partial charge in [0.05, 0.1) is 11.9 Å². The summed E-state index contributed by atoms with van der Waals surface area (Å²) >= 11 is 5.93. The summed E-state index contributed by atoms with van der Waals surface area (Å²) in [5.41, 5.74) is 2.15. The molecule has 1 aromatic heterocycles. The molecular formula is C18H13ClFN3O. The molecule has 24 heavy (non-hydrogen) atoms. The summed E-state index contributed by atoms with van der Waals surface area (Å²) in [5.74, 6) is -0.822. The molecule has 0 radical (unpaired) electrons. The highest BCUT2D eigenvalue weighted by Gasteiger charge is 2.08. The van der Waals surface area contributed by atoms with Crippen molar-refractivity contribution < 1.29 is 9.18 Å². The number of hydrogen-bond donors (Lipinski definition) is 2. The summed E-state index contributed by atoms with van der Waals surface area (Å²) in [5, 5.41) is 6.36. The van der Waals surface area contributed by atoms with E-state index in [1.807, 2.05) is 12.1 Å². The Labute approximate surface area is 143 Å². The summed E-state index contributed by atoms with van der Waals surface area (Å²) in [6.45, 7) is 0. The van der Waals surface area contributed by atoms with Crippen molar-refractivity contribution in [2.75, 3.05) is 10.6 Å². The first-order valence-corrected chi connectivity index (χ1v) is 7.53. The summed E-state index contributed by atoms with van der Waals surface area (Å²) in [6.07, 6.45) is 1.54. The predicted octanol–water partition coefficient (Wildman–Crippen LogP) is 4.87. The van der Waals surface area contributed by atoms with Crippen LogP contribution in [0, 0.1) is 5.82 Å². The minimum Gasteiger partial charge on any atom is -0.354 e. The number of halogens is 2.